The van der Waals surface area contributed by atoms with Crippen LogP contribution in [0, 0.1) is 39.9 Å². The van der Waals surface area contributed by atoms with Gasteiger partial charge in [0.15, 0.2) is 11.3 Å². The van der Waals surface area contributed by atoms with Gasteiger partial charge in [0.05, 0.1) is 6.61 Å². The van der Waals surface area contributed by atoms with E-state index in [1.807, 2.05) is 76.3 Å². The van der Waals surface area contributed by atoms with Crippen molar-refractivity contribution in [3.63, 3.8) is 0 Å². The number of allylic oxidation sites excluding steroid dienone is 7. The van der Waals surface area contributed by atoms with Crippen molar-refractivity contribution in [1.29, 1.82) is 15.8 Å². The molecule has 6 heteroatoms. The summed E-state index contributed by atoms with van der Waals surface area (Å²) in [6.07, 6.45) is 8.62. The van der Waals surface area contributed by atoms with E-state index in [4.69, 9.17) is 9.47 Å². The van der Waals surface area contributed by atoms with Gasteiger partial charge in [0.2, 0.25) is 0 Å². The largest absolute Gasteiger partial charge is 0.493 e. The fraction of sp³-hybridized carbons (Fsp3) is 0.406. The molecule has 1 aromatic carbocycles. The lowest BCUT2D eigenvalue weighted by molar-refractivity contribution is 0.0962. The predicted molar refractivity (Wildman–Crippen MR) is 149 cm³/mol. The van der Waals surface area contributed by atoms with Gasteiger partial charge in [-0.15, -0.1) is 0 Å². The zero-order chi connectivity index (χ0) is 27.9. The number of nitrogens with one attached hydrogen (secondary N) is 1. The van der Waals surface area contributed by atoms with Crippen molar-refractivity contribution >= 4 is 5.57 Å². The molecule has 0 aliphatic carbocycles. The van der Waals surface area contributed by atoms with Gasteiger partial charge in [0, 0.05) is 17.0 Å². The molecule has 0 amide bonds. The minimum Gasteiger partial charge on any atom is -0.493 e. The Morgan fingerprint density at radius 3 is 2.34 bits per heavy atom. The Morgan fingerprint density at radius 1 is 1.08 bits per heavy atom. The molecule has 38 heavy (non-hydrogen) atoms. The van der Waals surface area contributed by atoms with Crippen LogP contribution in [0.15, 0.2) is 75.9 Å². The number of rotatable bonds is 9. The van der Waals surface area contributed by atoms with Crippen LogP contribution >= 0.6 is 0 Å². The monoisotopic (exact) mass is 508 g/mol. The molecule has 2 heterocycles. The van der Waals surface area contributed by atoms with Gasteiger partial charge in [0.25, 0.3) is 0 Å². The highest BCUT2D eigenvalue weighted by Gasteiger charge is 2.42. The summed E-state index contributed by atoms with van der Waals surface area (Å²) in [7, 11) is 0. The van der Waals surface area contributed by atoms with Crippen LogP contribution in [0.1, 0.15) is 72.8 Å². The molecule has 2 aliphatic rings. The molecule has 0 aromatic heterocycles. The van der Waals surface area contributed by atoms with Crippen molar-refractivity contribution in [3.05, 3.63) is 81.4 Å². The van der Waals surface area contributed by atoms with Crippen LogP contribution in [0.4, 0.5) is 0 Å². The van der Waals surface area contributed by atoms with E-state index in [-0.39, 0.29) is 16.9 Å². The van der Waals surface area contributed by atoms with E-state index in [0.717, 1.165) is 46.7 Å². The van der Waals surface area contributed by atoms with E-state index in [2.05, 4.69) is 25.2 Å². The molecule has 0 fully saturated rings. The standard InChI is InChI=1S/C32H36N4O2/c1-7-9-11-23(8-2)20-37-27-13-10-12-24(16-27)29(25-14-21(3)36-22(4)15-25)30-28(19-35)31(26(17-33)18-34)38-32(30,5)6/h10,12-16,23,36H,7-9,11,20H2,1-6H3. The molecule has 0 bridgehead atoms. The fourth-order valence-corrected chi connectivity index (χ4v) is 4.95. The zero-order valence-corrected chi connectivity index (χ0v) is 23.2. The molecule has 2 aliphatic heterocycles. The van der Waals surface area contributed by atoms with Crippen molar-refractivity contribution < 1.29 is 9.47 Å². The lowest BCUT2D eigenvalue weighted by Gasteiger charge is -2.27. The summed E-state index contributed by atoms with van der Waals surface area (Å²) in [6, 6.07) is 13.9. The third kappa shape index (κ3) is 6.19. The van der Waals surface area contributed by atoms with Gasteiger partial charge in [-0.1, -0.05) is 45.2 Å². The summed E-state index contributed by atoms with van der Waals surface area (Å²) < 4.78 is 12.4. The molecule has 0 saturated carbocycles. The molecule has 1 atom stereocenters. The minimum absolute atomic E-state index is 0.0278. The van der Waals surface area contributed by atoms with Gasteiger partial charge in [-0.25, -0.2) is 0 Å². The summed E-state index contributed by atoms with van der Waals surface area (Å²) in [6.45, 7) is 12.7. The molecule has 196 valence electrons. The Kier molecular flexibility index (Phi) is 9.22. The van der Waals surface area contributed by atoms with Crippen LogP contribution in [0.5, 0.6) is 5.75 Å². The van der Waals surface area contributed by atoms with E-state index >= 15 is 0 Å². The van der Waals surface area contributed by atoms with Gasteiger partial charge in [-0.3, -0.25) is 0 Å². The lowest BCUT2D eigenvalue weighted by atomic mass is 9.81. The van der Waals surface area contributed by atoms with Crippen LogP contribution < -0.4 is 10.1 Å². The first kappa shape index (κ1) is 28.4. The maximum Gasteiger partial charge on any atom is 0.172 e. The number of unbranched alkanes of at least 4 members (excludes halogenated alkanes) is 1. The average molecular weight is 509 g/mol. The Bertz CT molecular complexity index is 1330. The molecule has 6 nitrogen and oxygen atoms in total. The third-order valence-electron chi connectivity index (χ3n) is 6.83. The van der Waals surface area contributed by atoms with Gasteiger partial charge in [0.1, 0.15) is 35.1 Å². The molecule has 0 radical (unpaired) electrons. The van der Waals surface area contributed by atoms with Crippen molar-refractivity contribution in [2.24, 2.45) is 5.92 Å². The van der Waals surface area contributed by atoms with Gasteiger partial charge < -0.3 is 14.8 Å². The number of nitriles is 3. The highest BCUT2D eigenvalue weighted by atomic mass is 16.5. The summed E-state index contributed by atoms with van der Waals surface area (Å²) in [5.41, 5.74) is 4.17. The van der Waals surface area contributed by atoms with E-state index in [1.165, 1.54) is 12.8 Å². The summed E-state index contributed by atoms with van der Waals surface area (Å²) in [4.78, 5) is 0. The average Bonchev–Trinajstić information content (AvgIpc) is 3.14. The minimum atomic E-state index is -0.958. The summed E-state index contributed by atoms with van der Waals surface area (Å²) in [5, 5.41) is 32.7. The lowest BCUT2D eigenvalue weighted by Crippen LogP contribution is -2.24. The second-order valence-corrected chi connectivity index (χ2v) is 10.3. The van der Waals surface area contributed by atoms with Gasteiger partial charge in [-0.05, 0) is 81.0 Å². The number of ether oxygens (including phenoxy) is 2. The van der Waals surface area contributed by atoms with Crippen LogP contribution in [0.2, 0.25) is 0 Å². The quantitative estimate of drug-likeness (QED) is 0.349. The number of nitrogens with zero attached hydrogens (tertiary/aromatic N) is 3. The molecule has 1 N–H and O–H groups in total. The van der Waals surface area contributed by atoms with E-state index in [9.17, 15) is 15.8 Å². The number of benzene rings is 1. The summed E-state index contributed by atoms with van der Waals surface area (Å²) >= 11 is 0. The van der Waals surface area contributed by atoms with E-state index in [1.54, 1.807) is 0 Å². The predicted octanol–water partition coefficient (Wildman–Crippen LogP) is 7.38. The molecule has 0 spiro atoms. The Morgan fingerprint density at radius 2 is 1.76 bits per heavy atom. The molecule has 3 rings (SSSR count). The first-order valence-corrected chi connectivity index (χ1v) is 13.2. The van der Waals surface area contributed by atoms with Crippen molar-refractivity contribution in [1.82, 2.24) is 5.32 Å². The third-order valence-corrected chi connectivity index (χ3v) is 6.83. The first-order valence-electron chi connectivity index (χ1n) is 13.2. The van der Waals surface area contributed by atoms with Crippen molar-refractivity contribution in [2.45, 2.75) is 72.8 Å². The SMILES string of the molecule is CCCCC(CC)COc1cccc(C(=C2C=C(C)NC(C)=C2)C2=C(C#N)C(=C(C#N)C#N)OC2(C)C)c1. The molecular formula is C32H36N4O2. The maximum absolute atomic E-state index is 10.2. The van der Waals surface area contributed by atoms with Gasteiger partial charge in [-0.2, -0.15) is 15.8 Å². The van der Waals surface area contributed by atoms with Crippen LogP contribution in [-0.2, 0) is 4.74 Å². The fourth-order valence-electron chi connectivity index (χ4n) is 4.95. The van der Waals surface area contributed by atoms with E-state index < -0.39 is 5.60 Å². The second-order valence-electron chi connectivity index (χ2n) is 10.3. The number of hydrogen-bond donors (Lipinski definition) is 1. The van der Waals surface area contributed by atoms with E-state index in [0.29, 0.717) is 18.1 Å². The normalized spacial score (nSPS) is 16.7. The number of hydrogen-bond acceptors (Lipinski definition) is 6. The smallest absolute Gasteiger partial charge is 0.172 e. The van der Waals surface area contributed by atoms with Crippen LogP contribution in [0.25, 0.3) is 5.57 Å². The zero-order valence-electron chi connectivity index (χ0n) is 23.2. The topological polar surface area (TPSA) is 102 Å². The molecule has 1 aromatic rings. The van der Waals surface area contributed by atoms with Gasteiger partial charge >= 0.3 is 0 Å². The molecular weight excluding hydrogens is 472 g/mol. The highest BCUT2D eigenvalue weighted by Crippen LogP contribution is 2.48. The highest BCUT2D eigenvalue weighted by molar-refractivity contribution is 5.90. The summed E-state index contributed by atoms with van der Waals surface area (Å²) in [5.74, 6) is 1.28. The maximum atomic E-state index is 10.2. The molecule has 1 unspecified atom stereocenters. The Hall–Kier alpha value is -4.21. The van der Waals surface area contributed by atoms with Crippen molar-refractivity contribution in [2.75, 3.05) is 6.61 Å². The van der Waals surface area contributed by atoms with Crippen molar-refractivity contribution in [3.8, 4) is 24.0 Å². The Balaban J connectivity index is 2.23. The van der Waals surface area contributed by atoms with Crippen LogP contribution in [0.3, 0.4) is 0 Å². The molecule has 0 saturated heterocycles. The van der Waals surface area contributed by atoms with Crippen LogP contribution in [-0.4, -0.2) is 12.2 Å². The second kappa shape index (κ2) is 12.4. The first-order chi connectivity index (χ1) is 18.2. The Labute approximate surface area is 226 Å². The number of dihydropyridines is 1.